The summed E-state index contributed by atoms with van der Waals surface area (Å²) in [6, 6.07) is 7.08. The fourth-order valence-corrected chi connectivity index (χ4v) is 2.93. The van der Waals surface area contributed by atoms with Crippen molar-refractivity contribution >= 4 is 42.6 Å². The molecule has 0 saturated heterocycles. The van der Waals surface area contributed by atoms with E-state index in [1.807, 2.05) is 7.85 Å². The first-order chi connectivity index (χ1) is 11.6. The van der Waals surface area contributed by atoms with Crippen LogP contribution in [0.25, 0.3) is 6.08 Å². The number of benzene rings is 2. The van der Waals surface area contributed by atoms with Crippen molar-refractivity contribution in [3.8, 4) is 0 Å². The fourth-order valence-electron chi connectivity index (χ4n) is 2.42. The van der Waals surface area contributed by atoms with Crippen LogP contribution in [0.4, 0.5) is 17.6 Å². The Kier molecular flexibility index (Phi) is 6.19. The first kappa shape index (κ1) is 19.8. The molecular formula is C17H14BCl2F4N. The van der Waals surface area contributed by atoms with E-state index in [1.165, 1.54) is 6.08 Å². The van der Waals surface area contributed by atoms with Crippen molar-refractivity contribution in [2.75, 3.05) is 0 Å². The van der Waals surface area contributed by atoms with E-state index in [0.29, 0.717) is 12.1 Å². The van der Waals surface area contributed by atoms with Crippen LogP contribution in [-0.4, -0.2) is 14.0 Å². The van der Waals surface area contributed by atoms with E-state index in [9.17, 15) is 17.6 Å². The second-order valence-corrected chi connectivity index (χ2v) is 6.38. The predicted octanol–water partition coefficient (Wildman–Crippen LogP) is 4.21. The molecule has 132 valence electrons. The minimum Gasteiger partial charge on any atom is -0.327 e. The van der Waals surface area contributed by atoms with Gasteiger partial charge in [0.25, 0.3) is 0 Å². The summed E-state index contributed by atoms with van der Waals surface area (Å²) in [4.78, 5) is 0. The smallest absolute Gasteiger partial charge is 0.327 e. The summed E-state index contributed by atoms with van der Waals surface area (Å²) in [7, 11) is 1.83. The Morgan fingerprint density at radius 2 is 1.72 bits per heavy atom. The fraction of sp³-hybridized carbons (Fsp3) is 0.176. The highest BCUT2D eigenvalue weighted by molar-refractivity contribution is 6.35. The Bertz CT molecular complexity index is 783. The van der Waals surface area contributed by atoms with Crippen LogP contribution >= 0.6 is 23.2 Å². The normalized spacial score (nSPS) is 13.4. The molecule has 0 fully saturated rings. The van der Waals surface area contributed by atoms with Gasteiger partial charge in [-0.2, -0.15) is 13.2 Å². The molecule has 0 aliphatic heterocycles. The van der Waals surface area contributed by atoms with Gasteiger partial charge in [-0.3, -0.25) is 0 Å². The Hall–Kier alpha value is -1.50. The van der Waals surface area contributed by atoms with Crippen molar-refractivity contribution in [2.45, 2.75) is 18.6 Å². The van der Waals surface area contributed by atoms with Gasteiger partial charge in [0.1, 0.15) is 7.85 Å². The number of allylic oxidation sites excluding steroid dienone is 1. The van der Waals surface area contributed by atoms with E-state index in [4.69, 9.17) is 28.9 Å². The Labute approximate surface area is 153 Å². The second kappa shape index (κ2) is 7.81. The van der Waals surface area contributed by atoms with Crippen LogP contribution in [0.5, 0.6) is 0 Å². The molecule has 0 heterocycles. The standard InChI is InChI=1S/C17H14BCl2F4N/c18-13-5-9(1-3-10(13)8-25)2-4-12(17(22,23)24)11-6-14(19)16(21)15(20)7-11/h1-7,12H,8,18,25H2/b4-2+. The zero-order valence-electron chi connectivity index (χ0n) is 13.2. The summed E-state index contributed by atoms with van der Waals surface area (Å²) >= 11 is 11.2. The highest BCUT2D eigenvalue weighted by atomic mass is 35.5. The summed E-state index contributed by atoms with van der Waals surface area (Å²) in [5, 5.41) is -0.901. The largest absolute Gasteiger partial charge is 0.399 e. The molecule has 0 radical (unpaired) electrons. The van der Waals surface area contributed by atoms with E-state index < -0.39 is 28.0 Å². The Balaban J connectivity index is 2.41. The molecule has 1 nitrogen and oxygen atoms in total. The average Bonchev–Trinajstić information content (AvgIpc) is 2.51. The second-order valence-electron chi connectivity index (χ2n) is 5.57. The van der Waals surface area contributed by atoms with Gasteiger partial charge < -0.3 is 5.73 Å². The predicted molar refractivity (Wildman–Crippen MR) is 96.8 cm³/mol. The quantitative estimate of drug-likeness (QED) is 0.473. The van der Waals surface area contributed by atoms with E-state index in [2.05, 4.69) is 0 Å². The SMILES string of the molecule is Bc1cc(/C=C/C(c2cc(Cl)c(F)c(Cl)c2)C(F)(F)F)ccc1CN. The highest BCUT2D eigenvalue weighted by Crippen LogP contribution is 2.39. The van der Waals surface area contributed by atoms with E-state index in [-0.39, 0.29) is 5.56 Å². The Morgan fingerprint density at radius 3 is 2.20 bits per heavy atom. The minimum absolute atomic E-state index is 0.226. The van der Waals surface area contributed by atoms with Crippen LogP contribution in [0.2, 0.25) is 10.0 Å². The van der Waals surface area contributed by atoms with Crippen LogP contribution in [0.1, 0.15) is 22.6 Å². The van der Waals surface area contributed by atoms with Gasteiger partial charge in [-0.1, -0.05) is 59.0 Å². The third kappa shape index (κ3) is 4.78. The first-order valence-corrected chi connectivity index (χ1v) is 8.08. The van der Waals surface area contributed by atoms with Crippen LogP contribution < -0.4 is 11.2 Å². The molecule has 0 spiro atoms. The number of nitrogens with two attached hydrogens (primary N) is 1. The lowest BCUT2D eigenvalue weighted by Crippen LogP contribution is -2.19. The van der Waals surface area contributed by atoms with Crippen LogP contribution in [0.15, 0.2) is 36.4 Å². The lowest BCUT2D eigenvalue weighted by atomic mass is 9.88. The van der Waals surface area contributed by atoms with Gasteiger partial charge >= 0.3 is 6.18 Å². The average molecular weight is 390 g/mol. The third-order valence-corrected chi connectivity index (χ3v) is 4.34. The maximum atomic E-state index is 13.5. The van der Waals surface area contributed by atoms with Crippen LogP contribution in [0, 0.1) is 5.82 Å². The molecule has 1 atom stereocenters. The molecule has 25 heavy (non-hydrogen) atoms. The zero-order chi connectivity index (χ0) is 18.8. The molecule has 2 N–H and O–H groups in total. The summed E-state index contributed by atoms with van der Waals surface area (Å²) in [6.45, 7) is 0.355. The first-order valence-electron chi connectivity index (χ1n) is 7.32. The highest BCUT2D eigenvalue weighted by Gasteiger charge is 2.39. The summed E-state index contributed by atoms with van der Waals surface area (Å²) in [6.07, 6.45) is -2.22. The van der Waals surface area contributed by atoms with Gasteiger partial charge in [-0.05, 0) is 28.8 Å². The Morgan fingerprint density at radius 1 is 1.12 bits per heavy atom. The minimum atomic E-state index is -4.58. The van der Waals surface area contributed by atoms with Gasteiger partial charge in [-0.25, -0.2) is 4.39 Å². The summed E-state index contributed by atoms with van der Waals surface area (Å²) in [5.41, 5.74) is 7.76. The van der Waals surface area contributed by atoms with Crippen molar-refractivity contribution < 1.29 is 17.6 Å². The maximum absolute atomic E-state index is 13.5. The van der Waals surface area contributed by atoms with Gasteiger partial charge in [0, 0.05) is 6.54 Å². The topological polar surface area (TPSA) is 26.0 Å². The number of hydrogen-bond acceptors (Lipinski definition) is 1. The summed E-state index contributed by atoms with van der Waals surface area (Å²) in [5.74, 6) is -2.90. The molecule has 0 amide bonds. The molecule has 0 saturated carbocycles. The molecule has 2 aromatic rings. The molecule has 2 rings (SSSR count). The van der Waals surface area contributed by atoms with Gasteiger partial charge in [0.2, 0.25) is 0 Å². The van der Waals surface area contributed by atoms with Crippen molar-refractivity contribution in [1.82, 2.24) is 0 Å². The van der Waals surface area contributed by atoms with Gasteiger partial charge in [0.15, 0.2) is 5.82 Å². The van der Waals surface area contributed by atoms with Crippen molar-refractivity contribution in [2.24, 2.45) is 5.73 Å². The molecule has 0 aliphatic rings. The van der Waals surface area contributed by atoms with Crippen LogP contribution in [-0.2, 0) is 6.54 Å². The third-order valence-electron chi connectivity index (χ3n) is 3.79. The van der Waals surface area contributed by atoms with Gasteiger partial charge in [0.05, 0.1) is 16.0 Å². The van der Waals surface area contributed by atoms with E-state index in [1.54, 1.807) is 18.2 Å². The molecular weight excluding hydrogens is 376 g/mol. The molecule has 1 unspecified atom stereocenters. The van der Waals surface area contributed by atoms with Crippen molar-refractivity contribution in [1.29, 1.82) is 0 Å². The monoisotopic (exact) mass is 389 g/mol. The molecule has 8 heteroatoms. The van der Waals surface area contributed by atoms with Crippen LogP contribution in [0.3, 0.4) is 0 Å². The van der Waals surface area contributed by atoms with Crippen molar-refractivity contribution in [3.05, 3.63) is 69.0 Å². The molecule has 2 aromatic carbocycles. The lowest BCUT2D eigenvalue weighted by molar-refractivity contribution is -0.139. The van der Waals surface area contributed by atoms with Gasteiger partial charge in [-0.15, -0.1) is 0 Å². The van der Waals surface area contributed by atoms with E-state index >= 15 is 0 Å². The molecule has 0 bridgehead atoms. The summed E-state index contributed by atoms with van der Waals surface area (Å²) < 4.78 is 53.7. The number of alkyl halides is 3. The number of halogens is 6. The number of rotatable bonds is 4. The maximum Gasteiger partial charge on any atom is 0.399 e. The zero-order valence-corrected chi connectivity index (χ0v) is 14.7. The lowest BCUT2D eigenvalue weighted by Gasteiger charge is -2.18. The van der Waals surface area contributed by atoms with E-state index in [0.717, 1.165) is 29.2 Å². The van der Waals surface area contributed by atoms with Crippen molar-refractivity contribution in [3.63, 3.8) is 0 Å². The molecule has 0 aliphatic carbocycles. The molecule has 0 aromatic heterocycles. The number of hydrogen-bond donors (Lipinski definition) is 1.